The normalized spacial score (nSPS) is 36.0. The third-order valence-corrected chi connectivity index (χ3v) is 3.53. The summed E-state index contributed by atoms with van der Waals surface area (Å²) >= 11 is 0. The summed E-state index contributed by atoms with van der Waals surface area (Å²) in [5.74, 6) is 1.69. The molecule has 4 atom stereocenters. The van der Waals surface area contributed by atoms with Gasteiger partial charge in [0.05, 0.1) is 13.1 Å². The number of aliphatic imine (C=N–C) groups is 2. The van der Waals surface area contributed by atoms with E-state index in [1.165, 1.54) is 0 Å². The van der Waals surface area contributed by atoms with Crippen molar-refractivity contribution in [2.75, 3.05) is 13.1 Å². The maximum atomic E-state index is 10.1. The highest BCUT2D eigenvalue weighted by Gasteiger charge is 2.43. The van der Waals surface area contributed by atoms with Gasteiger partial charge in [-0.1, -0.05) is 12.2 Å². The number of nitrogens with zero attached hydrogens (tertiary/aromatic N) is 2. The molecule has 0 heterocycles. The van der Waals surface area contributed by atoms with Crippen LogP contribution in [0.15, 0.2) is 22.1 Å². The van der Waals surface area contributed by atoms with Crippen molar-refractivity contribution in [3.8, 4) is 0 Å². The second kappa shape index (κ2) is 4.35. The number of allylic oxidation sites excluding steroid dienone is 2. The minimum Gasteiger partial charge on any atom is -0.211 e. The smallest absolute Gasteiger partial charge is 0.211 e. The largest absolute Gasteiger partial charge is 0.234 e. The van der Waals surface area contributed by atoms with E-state index in [0.717, 1.165) is 6.42 Å². The molecule has 2 bridgehead atoms. The van der Waals surface area contributed by atoms with Crippen molar-refractivity contribution in [2.45, 2.75) is 6.42 Å². The van der Waals surface area contributed by atoms with Crippen LogP contribution in [0.1, 0.15) is 6.42 Å². The fourth-order valence-electron chi connectivity index (χ4n) is 2.85. The van der Waals surface area contributed by atoms with Gasteiger partial charge in [0.25, 0.3) is 0 Å². The van der Waals surface area contributed by atoms with Gasteiger partial charge in [0.2, 0.25) is 12.2 Å². The summed E-state index contributed by atoms with van der Waals surface area (Å²) < 4.78 is 0. The van der Waals surface area contributed by atoms with E-state index in [0.29, 0.717) is 36.8 Å². The van der Waals surface area contributed by atoms with Crippen molar-refractivity contribution in [3.05, 3.63) is 12.2 Å². The zero-order valence-electron chi connectivity index (χ0n) is 8.30. The molecular weight excluding hydrogens is 192 g/mol. The summed E-state index contributed by atoms with van der Waals surface area (Å²) in [5, 5.41) is 0. The van der Waals surface area contributed by atoms with E-state index >= 15 is 0 Å². The van der Waals surface area contributed by atoms with Crippen molar-refractivity contribution in [1.82, 2.24) is 0 Å². The van der Waals surface area contributed by atoms with E-state index < -0.39 is 0 Å². The Morgan fingerprint density at radius 2 is 1.47 bits per heavy atom. The lowest BCUT2D eigenvalue weighted by Gasteiger charge is -2.24. The molecule has 78 valence electrons. The Balaban J connectivity index is 2.08. The van der Waals surface area contributed by atoms with Crippen LogP contribution in [0.3, 0.4) is 0 Å². The zero-order chi connectivity index (χ0) is 10.7. The molecule has 4 heteroatoms. The number of hydrogen-bond donors (Lipinski definition) is 0. The number of rotatable bonds is 4. The first-order valence-corrected chi connectivity index (χ1v) is 5.12. The van der Waals surface area contributed by atoms with Crippen LogP contribution in [-0.2, 0) is 9.59 Å². The van der Waals surface area contributed by atoms with Gasteiger partial charge in [-0.15, -0.1) is 0 Å². The number of carbonyl (C=O) groups excluding carboxylic acids is 2. The van der Waals surface area contributed by atoms with Gasteiger partial charge in [0.1, 0.15) is 0 Å². The molecule has 0 saturated heterocycles. The Morgan fingerprint density at radius 3 is 1.87 bits per heavy atom. The molecule has 0 aliphatic heterocycles. The molecule has 15 heavy (non-hydrogen) atoms. The van der Waals surface area contributed by atoms with Crippen molar-refractivity contribution in [2.24, 2.45) is 33.7 Å². The average molecular weight is 204 g/mol. The molecule has 0 amide bonds. The van der Waals surface area contributed by atoms with Crippen LogP contribution in [0.4, 0.5) is 0 Å². The van der Waals surface area contributed by atoms with Crippen molar-refractivity contribution in [1.29, 1.82) is 0 Å². The van der Waals surface area contributed by atoms with Gasteiger partial charge in [0.15, 0.2) is 0 Å². The van der Waals surface area contributed by atoms with Gasteiger partial charge in [-0.2, -0.15) is 0 Å². The van der Waals surface area contributed by atoms with Crippen molar-refractivity contribution in [3.63, 3.8) is 0 Å². The average Bonchev–Trinajstić information content (AvgIpc) is 2.83. The van der Waals surface area contributed by atoms with Crippen LogP contribution < -0.4 is 0 Å². The van der Waals surface area contributed by atoms with Crippen LogP contribution in [-0.4, -0.2) is 25.2 Å². The predicted octanol–water partition coefficient (Wildman–Crippen LogP) is 1.10. The number of hydrogen-bond acceptors (Lipinski definition) is 4. The van der Waals surface area contributed by atoms with E-state index in [2.05, 4.69) is 22.1 Å². The summed E-state index contributed by atoms with van der Waals surface area (Å²) in [5.41, 5.74) is 0. The highest BCUT2D eigenvalue weighted by molar-refractivity contribution is 5.34. The SMILES string of the molecule is O=C=NCC1C2C=CC(C2)C1CN=C=O. The van der Waals surface area contributed by atoms with Gasteiger partial charge in [0, 0.05) is 0 Å². The summed E-state index contributed by atoms with van der Waals surface area (Å²) in [7, 11) is 0. The Kier molecular flexibility index (Phi) is 2.91. The molecule has 0 aromatic carbocycles. The summed E-state index contributed by atoms with van der Waals surface area (Å²) in [6, 6.07) is 0. The lowest BCUT2D eigenvalue weighted by Crippen LogP contribution is -2.24. The zero-order valence-corrected chi connectivity index (χ0v) is 8.30. The van der Waals surface area contributed by atoms with E-state index in [-0.39, 0.29) is 0 Å². The van der Waals surface area contributed by atoms with Crippen molar-refractivity contribution < 1.29 is 9.59 Å². The Hall–Kier alpha value is -1.50. The molecule has 2 rings (SSSR count). The topological polar surface area (TPSA) is 58.9 Å². The molecule has 4 unspecified atom stereocenters. The van der Waals surface area contributed by atoms with E-state index in [4.69, 9.17) is 0 Å². The molecule has 2 aliphatic rings. The summed E-state index contributed by atoms with van der Waals surface area (Å²) in [6.45, 7) is 1.02. The number of fused-ring (bicyclic) bond motifs is 2. The predicted molar refractivity (Wildman–Crippen MR) is 53.7 cm³/mol. The first-order chi connectivity index (χ1) is 7.36. The van der Waals surface area contributed by atoms with Gasteiger partial charge in [-0.25, -0.2) is 19.6 Å². The minimum absolute atomic E-state index is 0.346. The summed E-state index contributed by atoms with van der Waals surface area (Å²) in [4.78, 5) is 27.5. The molecule has 0 spiro atoms. The molecule has 4 nitrogen and oxygen atoms in total. The Morgan fingerprint density at radius 1 is 1.00 bits per heavy atom. The molecule has 0 radical (unpaired) electrons. The van der Waals surface area contributed by atoms with Crippen LogP contribution in [0.2, 0.25) is 0 Å². The highest BCUT2D eigenvalue weighted by Crippen LogP contribution is 2.48. The van der Waals surface area contributed by atoms with Crippen molar-refractivity contribution >= 4 is 12.2 Å². The first kappa shape index (κ1) is 10.0. The fraction of sp³-hybridized carbons (Fsp3) is 0.636. The van der Waals surface area contributed by atoms with Crippen LogP contribution >= 0.6 is 0 Å². The van der Waals surface area contributed by atoms with Crippen LogP contribution in [0.5, 0.6) is 0 Å². The quantitative estimate of drug-likeness (QED) is 0.391. The lowest BCUT2D eigenvalue weighted by atomic mass is 9.83. The molecule has 1 fully saturated rings. The maximum absolute atomic E-state index is 10.1. The Bertz CT molecular complexity index is 331. The van der Waals surface area contributed by atoms with Gasteiger partial charge in [-0.3, -0.25) is 0 Å². The molecule has 0 aromatic heterocycles. The molecular formula is C11H12N2O2. The third kappa shape index (κ3) is 1.82. The monoisotopic (exact) mass is 204 g/mol. The maximum Gasteiger partial charge on any atom is 0.234 e. The standard InChI is InChI=1S/C11H12N2O2/c14-6-12-4-10-8-1-2-9(3-8)11(10)5-13-7-15/h1-2,8-11H,3-5H2. The molecule has 0 aromatic rings. The van der Waals surface area contributed by atoms with Gasteiger partial charge in [-0.05, 0) is 30.1 Å². The first-order valence-electron chi connectivity index (χ1n) is 5.12. The molecule has 1 saturated carbocycles. The van der Waals surface area contributed by atoms with Crippen LogP contribution in [0, 0.1) is 23.7 Å². The van der Waals surface area contributed by atoms with E-state index in [1.807, 2.05) is 0 Å². The second-order valence-corrected chi connectivity index (χ2v) is 4.14. The Labute approximate surface area is 87.8 Å². The summed E-state index contributed by atoms with van der Waals surface area (Å²) in [6.07, 6.45) is 8.64. The molecule has 0 N–H and O–H groups in total. The highest BCUT2D eigenvalue weighted by atomic mass is 16.1. The van der Waals surface area contributed by atoms with Gasteiger partial charge < -0.3 is 0 Å². The molecule has 2 aliphatic carbocycles. The van der Waals surface area contributed by atoms with Gasteiger partial charge >= 0.3 is 0 Å². The fourth-order valence-corrected chi connectivity index (χ4v) is 2.85. The lowest BCUT2D eigenvalue weighted by molar-refractivity contribution is 0.326. The van der Waals surface area contributed by atoms with Crippen LogP contribution in [0.25, 0.3) is 0 Å². The van der Waals surface area contributed by atoms with E-state index in [1.54, 1.807) is 12.2 Å². The third-order valence-electron chi connectivity index (χ3n) is 3.53. The van der Waals surface area contributed by atoms with E-state index in [9.17, 15) is 9.59 Å². The number of isocyanates is 2. The minimum atomic E-state index is 0.346. The second-order valence-electron chi connectivity index (χ2n) is 4.14.